The van der Waals surface area contributed by atoms with Crippen LogP contribution in [-0.4, -0.2) is 16.0 Å². The Balaban J connectivity index is 2.54. The molecule has 0 fully saturated rings. The first-order valence-corrected chi connectivity index (χ1v) is 5.28. The van der Waals surface area contributed by atoms with Gasteiger partial charge in [0, 0.05) is 10.0 Å². The number of nitrogens with one attached hydrogen (secondary N) is 1. The summed E-state index contributed by atoms with van der Waals surface area (Å²) in [6.45, 7) is 1.53. The highest BCUT2D eigenvalue weighted by atomic mass is 79.9. The molecule has 76 valence electrons. The van der Waals surface area contributed by atoms with Gasteiger partial charge in [0.05, 0.1) is 17.5 Å². The molecule has 4 heteroatoms. The summed E-state index contributed by atoms with van der Waals surface area (Å²) in [5, 5.41) is 6.73. The van der Waals surface area contributed by atoms with Crippen LogP contribution >= 0.6 is 15.9 Å². The average Bonchev–Trinajstić information content (AvgIpc) is 2.65. The molecule has 0 radical (unpaired) electrons. The molecule has 1 aromatic carbocycles. The van der Waals surface area contributed by atoms with Gasteiger partial charge in [-0.15, -0.1) is 0 Å². The van der Waals surface area contributed by atoms with Crippen molar-refractivity contribution in [1.29, 1.82) is 0 Å². The standard InChI is InChI=1S/C11H9BrN2O/c1-7(15)10-6-13-14-11(10)8-3-2-4-9(12)5-8/h2-6H,1H3,(H,13,14). The molecule has 0 saturated heterocycles. The molecule has 0 aliphatic carbocycles. The van der Waals surface area contributed by atoms with Crippen LogP contribution in [-0.2, 0) is 0 Å². The van der Waals surface area contributed by atoms with E-state index in [1.165, 1.54) is 6.92 Å². The number of rotatable bonds is 2. The minimum atomic E-state index is 0.0127. The molecule has 2 aromatic rings. The van der Waals surface area contributed by atoms with E-state index < -0.39 is 0 Å². The summed E-state index contributed by atoms with van der Waals surface area (Å²) < 4.78 is 0.976. The van der Waals surface area contributed by atoms with Gasteiger partial charge in [-0.2, -0.15) is 5.10 Å². The predicted octanol–water partition coefficient (Wildman–Crippen LogP) is 3.04. The molecule has 0 saturated carbocycles. The van der Waals surface area contributed by atoms with E-state index in [4.69, 9.17) is 0 Å². The number of aromatic nitrogens is 2. The van der Waals surface area contributed by atoms with Gasteiger partial charge in [0.15, 0.2) is 5.78 Å². The lowest BCUT2D eigenvalue weighted by Gasteiger charge is -2.00. The number of hydrogen-bond acceptors (Lipinski definition) is 2. The summed E-state index contributed by atoms with van der Waals surface area (Å²) in [5.41, 5.74) is 2.34. The highest BCUT2D eigenvalue weighted by Crippen LogP contribution is 2.24. The third kappa shape index (κ3) is 1.99. The van der Waals surface area contributed by atoms with Crippen LogP contribution in [0.5, 0.6) is 0 Å². The van der Waals surface area contributed by atoms with Crippen LogP contribution in [0, 0.1) is 0 Å². The maximum absolute atomic E-state index is 11.3. The van der Waals surface area contributed by atoms with Crippen molar-refractivity contribution in [3.8, 4) is 11.3 Å². The van der Waals surface area contributed by atoms with Gasteiger partial charge in [0.1, 0.15) is 0 Å². The average molecular weight is 265 g/mol. The highest BCUT2D eigenvalue weighted by molar-refractivity contribution is 9.10. The number of benzene rings is 1. The van der Waals surface area contributed by atoms with Crippen LogP contribution in [0.3, 0.4) is 0 Å². The quantitative estimate of drug-likeness (QED) is 0.848. The second kappa shape index (κ2) is 3.98. The van der Waals surface area contributed by atoms with Crippen molar-refractivity contribution < 1.29 is 4.79 Å². The topological polar surface area (TPSA) is 45.8 Å². The molecule has 2 rings (SSSR count). The monoisotopic (exact) mass is 264 g/mol. The molecule has 0 bridgehead atoms. The summed E-state index contributed by atoms with van der Waals surface area (Å²) >= 11 is 3.39. The molecule has 0 aliphatic heterocycles. The number of Topliss-reactive ketones (excluding diaryl/α,β-unsaturated/α-hetero) is 1. The maximum Gasteiger partial charge on any atom is 0.163 e. The van der Waals surface area contributed by atoms with Crippen molar-refractivity contribution in [3.05, 3.63) is 40.5 Å². The van der Waals surface area contributed by atoms with Gasteiger partial charge in [-0.05, 0) is 19.1 Å². The van der Waals surface area contributed by atoms with E-state index in [1.807, 2.05) is 24.3 Å². The molecule has 1 N–H and O–H groups in total. The Morgan fingerprint density at radius 3 is 2.93 bits per heavy atom. The van der Waals surface area contributed by atoms with E-state index >= 15 is 0 Å². The molecule has 0 unspecified atom stereocenters. The van der Waals surface area contributed by atoms with Crippen molar-refractivity contribution in [1.82, 2.24) is 10.2 Å². The van der Waals surface area contributed by atoms with E-state index in [9.17, 15) is 4.79 Å². The Morgan fingerprint density at radius 2 is 2.27 bits per heavy atom. The minimum Gasteiger partial charge on any atom is -0.294 e. The van der Waals surface area contributed by atoms with Crippen molar-refractivity contribution in [3.63, 3.8) is 0 Å². The van der Waals surface area contributed by atoms with E-state index in [0.29, 0.717) is 5.56 Å². The normalized spacial score (nSPS) is 10.3. The number of carbonyl (C=O) groups excluding carboxylic acids is 1. The molecule has 0 atom stereocenters. The van der Waals surface area contributed by atoms with Crippen LogP contribution in [0.25, 0.3) is 11.3 Å². The third-order valence-electron chi connectivity index (χ3n) is 2.13. The van der Waals surface area contributed by atoms with E-state index in [-0.39, 0.29) is 5.78 Å². The Hall–Kier alpha value is -1.42. The Kier molecular flexibility index (Phi) is 2.68. The fourth-order valence-electron chi connectivity index (χ4n) is 1.42. The Bertz CT molecular complexity index is 505. The van der Waals surface area contributed by atoms with Crippen LogP contribution in [0.2, 0.25) is 0 Å². The maximum atomic E-state index is 11.3. The number of halogens is 1. The molecule has 0 aliphatic rings. The molecule has 1 heterocycles. The van der Waals surface area contributed by atoms with E-state index in [1.54, 1.807) is 6.20 Å². The van der Waals surface area contributed by atoms with Gasteiger partial charge < -0.3 is 0 Å². The predicted molar refractivity (Wildman–Crippen MR) is 61.7 cm³/mol. The zero-order chi connectivity index (χ0) is 10.8. The first-order chi connectivity index (χ1) is 7.18. The minimum absolute atomic E-state index is 0.0127. The second-order valence-corrected chi connectivity index (χ2v) is 4.14. The number of carbonyl (C=O) groups is 1. The summed E-state index contributed by atoms with van der Waals surface area (Å²) in [7, 11) is 0. The van der Waals surface area contributed by atoms with Gasteiger partial charge in [-0.25, -0.2) is 0 Å². The molecular weight excluding hydrogens is 256 g/mol. The number of hydrogen-bond donors (Lipinski definition) is 1. The van der Waals surface area contributed by atoms with E-state index in [2.05, 4.69) is 26.1 Å². The fourth-order valence-corrected chi connectivity index (χ4v) is 1.82. The van der Waals surface area contributed by atoms with E-state index in [0.717, 1.165) is 15.7 Å². The van der Waals surface area contributed by atoms with Crippen molar-refractivity contribution in [2.75, 3.05) is 0 Å². The van der Waals surface area contributed by atoms with Crippen LogP contribution in [0.4, 0.5) is 0 Å². The molecule has 3 nitrogen and oxygen atoms in total. The number of ketones is 1. The van der Waals surface area contributed by atoms with Crippen molar-refractivity contribution in [2.45, 2.75) is 6.92 Å². The van der Waals surface area contributed by atoms with Crippen molar-refractivity contribution in [2.24, 2.45) is 0 Å². The molecular formula is C11H9BrN2O. The number of aromatic amines is 1. The Labute approximate surface area is 95.6 Å². The smallest absolute Gasteiger partial charge is 0.163 e. The van der Waals surface area contributed by atoms with Gasteiger partial charge >= 0.3 is 0 Å². The Morgan fingerprint density at radius 1 is 1.47 bits per heavy atom. The molecule has 15 heavy (non-hydrogen) atoms. The number of H-pyrrole nitrogens is 1. The summed E-state index contributed by atoms with van der Waals surface area (Å²) in [6.07, 6.45) is 1.55. The third-order valence-corrected chi connectivity index (χ3v) is 2.63. The zero-order valence-electron chi connectivity index (χ0n) is 8.12. The lowest BCUT2D eigenvalue weighted by Crippen LogP contribution is -1.92. The first kappa shape index (κ1) is 10.1. The zero-order valence-corrected chi connectivity index (χ0v) is 9.71. The lowest BCUT2D eigenvalue weighted by molar-refractivity contribution is 0.101. The van der Waals surface area contributed by atoms with Crippen LogP contribution < -0.4 is 0 Å². The molecule has 1 aromatic heterocycles. The van der Waals surface area contributed by atoms with Gasteiger partial charge in [0.25, 0.3) is 0 Å². The summed E-state index contributed by atoms with van der Waals surface area (Å²) in [6, 6.07) is 7.74. The largest absolute Gasteiger partial charge is 0.294 e. The summed E-state index contributed by atoms with van der Waals surface area (Å²) in [5.74, 6) is 0.0127. The van der Waals surface area contributed by atoms with Crippen LogP contribution in [0.15, 0.2) is 34.9 Å². The number of nitrogens with zero attached hydrogens (tertiary/aromatic N) is 1. The van der Waals surface area contributed by atoms with Gasteiger partial charge in [0.2, 0.25) is 0 Å². The van der Waals surface area contributed by atoms with Crippen molar-refractivity contribution >= 4 is 21.7 Å². The van der Waals surface area contributed by atoms with Crippen LogP contribution in [0.1, 0.15) is 17.3 Å². The lowest BCUT2D eigenvalue weighted by atomic mass is 10.1. The second-order valence-electron chi connectivity index (χ2n) is 3.23. The highest BCUT2D eigenvalue weighted by Gasteiger charge is 2.11. The van der Waals surface area contributed by atoms with Gasteiger partial charge in [-0.1, -0.05) is 28.1 Å². The van der Waals surface area contributed by atoms with Gasteiger partial charge in [-0.3, -0.25) is 9.89 Å². The molecule has 0 spiro atoms. The summed E-state index contributed by atoms with van der Waals surface area (Å²) in [4.78, 5) is 11.3. The fraction of sp³-hybridized carbons (Fsp3) is 0.0909. The molecule has 0 amide bonds. The first-order valence-electron chi connectivity index (χ1n) is 4.48. The SMILES string of the molecule is CC(=O)c1cn[nH]c1-c1cccc(Br)c1.